The second kappa shape index (κ2) is 11.0. The molecule has 0 aliphatic carbocycles. The van der Waals surface area contributed by atoms with Crippen molar-refractivity contribution >= 4 is 39.3 Å². The zero-order valence-corrected chi connectivity index (χ0v) is 21.7. The van der Waals surface area contributed by atoms with Gasteiger partial charge in [-0.15, -0.1) is 0 Å². The number of methoxy groups -OCH3 is 2. The Hall–Kier alpha value is -3.30. The number of nitrogens with one attached hydrogen (secondary N) is 2. The molecule has 1 heterocycles. The van der Waals surface area contributed by atoms with Gasteiger partial charge >= 0.3 is 0 Å². The van der Waals surface area contributed by atoms with E-state index in [-0.39, 0.29) is 11.6 Å². The number of carbonyl (C=O) groups is 1. The lowest BCUT2D eigenvalue weighted by Crippen LogP contribution is -2.23. The third kappa shape index (κ3) is 5.86. The molecule has 4 aromatic rings. The van der Waals surface area contributed by atoms with Crippen LogP contribution in [-0.4, -0.2) is 35.3 Å². The zero-order valence-electron chi connectivity index (χ0n) is 19.3. The van der Waals surface area contributed by atoms with E-state index in [4.69, 9.17) is 14.5 Å². The number of amides is 1. The quantitative estimate of drug-likeness (QED) is 0.234. The lowest BCUT2D eigenvalue weighted by Gasteiger charge is -2.11. The van der Waals surface area contributed by atoms with Crippen molar-refractivity contribution in [3.05, 3.63) is 77.0 Å². The van der Waals surface area contributed by atoms with E-state index in [9.17, 15) is 9.18 Å². The molecule has 6 nitrogen and oxygen atoms in total. The number of anilines is 1. The van der Waals surface area contributed by atoms with Crippen molar-refractivity contribution < 1.29 is 18.7 Å². The first-order chi connectivity index (χ1) is 16.9. The SMILES string of the molecule is COc1ccc(-c2nc(SC(C)C(=O)Nc3ccc(Br)cc3F)[nH]c2-c2ccc(OC)cc2)cc1. The van der Waals surface area contributed by atoms with Crippen LogP contribution in [0.2, 0.25) is 0 Å². The van der Waals surface area contributed by atoms with E-state index in [0.717, 1.165) is 34.0 Å². The summed E-state index contributed by atoms with van der Waals surface area (Å²) >= 11 is 4.48. The molecule has 1 amide bonds. The average molecular weight is 556 g/mol. The molecular formula is C26H23BrFN3O3S. The second-order valence-electron chi connectivity index (χ2n) is 7.60. The van der Waals surface area contributed by atoms with Crippen molar-refractivity contribution in [3.63, 3.8) is 0 Å². The third-order valence-electron chi connectivity index (χ3n) is 5.27. The fourth-order valence-electron chi connectivity index (χ4n) is 3.38. The number of imidazole rings is 1. The number of nitrogens with zero attached hydrogens (tertiary/aromatic N) is 1. The standard InChI is InChI=1S/C26H23BrFN3O3S/c1-15(25(32)29-22-13-8-18(27)14-21(22)28)35-26-30-23(16-4-9-19(33-2)10-5-16)24(31-26)17-6-11-20(34-3)12-7-17/h4-15H,1-3H3,(H,29,32)(H,30,31). The van der Waals surface area contributed by atoms with Gasteiger partial charge in [0.2, 0.25) is 5.91 Å². The summed E-state index contributed by atoms with van der Waals surface area (Å²) in [6, 6.07) is 19.8. The number of carbonyl (C=O) groups excluding carboxylic acids is 1. The van der Waals surface area contributed by atoms with Crippen molar-refractivity contribution in [1.82, 2.24) is 9.97 Å². The molecule has 1 atom stereocenters. The Balaban J connectivity index is 1.61. The molecule has 4 rings (SSSR count). The summed E-state index contributed by atoms with van der Waals surface area (Å²) < 4.78 is 25.3. The molecule has 35 heavy (non-hydrogen) atoms. The van der Waals surface area contributed by atoms with E-state index in [1.54, 1.807) is 27.2 Å². The third-order valence-corrected chi connectivity index (χ3v) is 6.75. The van der Waals surface area contributed by atoms with Crippen LogP contribution in [0.3, 0.4) is 0 Å². The number of rotatable bonds is 8. The highest BCUT2D eigenvalue weighted by Crippen LogP contribution is 2.35. The van der Waals surface area contributed by atoms with E-state index in [2.05, 4.69) is 26.2 Å². The van der Waals surface area contributed by atoms with E-state index >= 15 is 0 Å². The molecule has 0 aliphatic heterocycles. The number of aromatic amines is 1. The zero-order chi connectivity index (χ0) is 24.9. The summed E-state index contributed by atoms with van der Waals surface area (Å²) in [6.45, 7) is 1.75. The van der Waals surface area contributed by atoms with Crippen molar-refractivity contribution in [2.75, 3.05) is 19.5 Å². The first-order valence-corrected chi connectivity index (χ1v) is 12.4. The van der Waals surface area contributed by atoms with Gasteiger partial charge in [-0.3, -0.25) is 4.79 Å². The minimum Gasteiger partial charge on any atom is -0.497 e. The Bertz CT molecular complexity index is 1260. The molecule has 1 aromatic heterocycles. The molecule has 0 saturated heterocycles. The van der Waals surface area contributed by atoms with Crippen LogP contribution in [0.25, 0.3) is 22.5 Å². The number of H-pyrrole nitrogens is 1. The number of aromatic nitrogens is 2. The summed E-state index contributed by atoms with van der Waals surface area (Å²) in [6.07, 6.45) is 0. The highest BCUT2D eigenvalue weighted by Gasteiger charge is 2.21. The summed E-state index contributed by atoms with van der Waals surface area (Å²) in [5.74, 6) is 0.658. The number of ether oxygens (including phenoxy) is 2. The molecule has 0 radical (unpaired) electrons. The molecule has 0 bridgehead atoms. The minimum absolute atomic E-state index is 0.128. The van der Waals surface area contributed by atoms with Crippen molar-refractivity contribution in [1.29, 1.82) is 0 Å². The maximum absolute atomic E-state index is 14.2. The predicted molar refractivity (Wildman–Crippen MR) is 141 cm³/mol. The van der Waals surface area contributed by atoms with Gasteiger partial charge in [0, 0.05) is 15.6 Å². The Morgan fingerprint density at radius 1 is 1.00 bits per heavy atom. The fraction of sp³-hybridized carbons (Fsp3) is 0.154. The Morgan fingerprint density at radius 2 is 1.60 bits per heavy atom. The van der Waals surface area contributed by atoms with Gasteiger partial charge in [-0.2, -0.15) is 0 Å². The van der Waals surface area contributed by atoms with Crippen LogP contribution in [0.1, 0.15) is 6.92 Å². The molecule has 0 fully saturated rings. The highest BCUT2D eigenvalue weighted by atomic mass is 79.9. The number of hydrogen-bond acceptors (Lipinski definition) is 5. The summed E-state index contributed by atoms with van der Waals surface area (Å²) in [4.78, 5) is 20.9. The smallest absolute Gasteiger partial charge is 0.237 e. The van der Waals surface area contributed by atoms with Crippen LogP contribution < -0.4 is 14.8 Å². The normalized spacial score (nSPS) is 11.7. The van der Waals surface area contributed by atoms with E-state index in [1.807, 2.05) is 48.5 Å². The molecule has 0 saturated carbocycles. The Kier molecular flexibility index (Phi) is 7.77. The first-order valence-electron chi connectivity index (χ1n) is 10.7. The van der Waals surface area contributed by atoms with Crippen LogP contribution >= 0.6 is 27.7 Å². The van der Waals surface area contributed by atoms with Crippen LogP contribution in [0.5, 0.6) is 11.5 Å². The van der Waals surface area contributed by atoms with Crippen molar-refractivity contribution in [2.24, 2.45) is 0 Å². The fourth-order valence-corrected chi connectivity index (χ4v) is 4.52. The van der Waals surface area contributed by atoms with Crippen LogP contribution in [0.4, 0.5) is 10.1 Å². The van der Waals surface area contributed by atoms with Crippen LogP contribution in [-0.2, 0) is 4.79 Å². The summed E-state index contributed by atoms with van der Waals surface area (Å²) in [7, 11) is 3.24. The van der Waals surface area contributed by atoms with E-state index in [1.165, 1.54) is 23.9 Å². The van der Waals surface area contributed by atoms with E-state index in [0.29, 0.717) is 9.63 Å². The topological polar surface area (TPSA) is 76.2 Å². The van der Waals surface area contributed by atoms with Gasteiger partial charge in [-0.1, -0.05) is 27.7 Å². The Labute approximate surface area is 215 Å². The molecule has 2 N–H and O–H groups in total. The van der Waals surface area contributed by atoms with Crippen LogP contribution in [0, 0.1) is 5.82 Å². The first kappa shape index (κ1) is 24.8. The maximum atomic E-state index is 14.2. The average Bonchev–Trinajstić information content (AvgIpc) is 3.29. The molecule has 0 aliphatic rings. The summed E-state index contributed by atoms with van der Waals surface area (Å²) in [5.41, 5.74) is 3.50. The van der Waals surface area contributed by atoms with Crippen LogP contribution in [0.15, 0.2) is 76.4 Å². The second-order valence-corrected chi connectivity index (χ2v) is 9.84. The lowest BCUT2D eigenvalue weighted by molar-refractivity contribution is -0.115. The predicted octanol–water partition coefficient (Wildman–Crippen LogP) is 6.78. The monoisotopic (exact) mass is 555 g/mol. The van der Waals surface area contributed by atoms with E-state index < -0.39 is 11.1 Å². The minimum atomic E-state index is -0.531. The lowest BCUT2D eigenvalue weighted by atomic mass is 10.0. The summed E-state index contributed by atoms with van der Waals surface area (Å²) in [5, 5.41) is 2.68. The molecule has 0 spiro atoms. The largest absolute Gasteiger partial charge is 0.497 e. The molecule has 180 valence electrons. The number of hydrogen-bond donors (Lipinski definition) is 2. The number of benzene rings is 3. The van der Waals surface area contributed by atoms with Crippen molar-refractivity contribution in [2.45, 2.75) is 17.3 Å². The number of halogens is 2. The molecule has 3 aromatic carbocycles. The maximum Gasteiger partial charge on any atom is 0.237 e. The molecule has 9 heteroatoms. The van der Waals surface area contributed by atoms with Gasteiger partial charge in [0.15, 0.2) is 5.16 Å². The Morgan fingerprint density at radius 3 is 2.17 bits per heavy atom. The highest BCUT2D eigenvalue weighted by molar-refractivity contribution is 9.10. The van der Waals surface area contributed by atoms with Gasteiger partial charge in [-0.05, 0) is 73.7 Å². The van der Waals surface area contributed by atoms with Gasteiger partial charge in [0.1, 0.15) is 17.3 Å². The van der Waals surface area contributed by atoms with Gasteiger partial charge in [0.05, 0.1) is 36.5 Å². The van der Waals surface area contributed by atoms with Gasteiger partial charge in [-0.25, -0.2) is 9.37 Å². The number of thioether (sulfide) groups is 1. The molecular weight excluding hydrogens is 533 g/mol. The molecule has 1 unspecified atom stereocenters. The van der Waals surface area contributed by atoms with Gasteiger partial charge < -0.3 is 19.8 Å². The van der Waals surface area contributed by atoms with Gasteiger partial charge in [0.25, 0.3) is 0 Å². The van der Waals surface area contributed by atoms with Crippen molar-refractivity contribution in [3.8, 4) is 34.0 Å².